The van der Waals surface area contributed by atoms with E-state index in [1.54, 1.807) is 18.2 Å². The van der Waals surface area contributed by atoms with Gasteiger partial charge < -0.3 is 14.8 Å². The fraction of sp³-hybridized carbons (Fsp3) is 0.273. The third-order valence-electron chi connectivity index (χ3n) is 4.47. The molecule has 0 aliphatic carbocycles. The third-order valence-corrected chi connectivity index (χ3v) is 4.47. The number of carbonyl (C=O) groups is 3. The normalized spacial score (nSPS) is 12.9. The fourth-order valence-corrected chi connectivity index (χ4v) is 3.02. The minimum absolute atomic E-state index is 0.113. The van der Waals surface area contributed by atoms with Crippen LogP contribution in [0.2, 0.25) is 0 Å². The van der Waals surface area contributed by atoms with Crippen LogP contribution in [0.25, 0.3) is 0 Å². The van der Waals surface area contributed by atoms with Crippen LogP contribution in [0.3, 0.4) is 0 Å². The lowest BCUT2D eigenvalue weighted by molar-refractivity contribution is -0.147. The van der Waals surface area contributed by atoms with Crippen molar-refractivity contribution in [2.75, 3.05) is 31.6 Å². The summed E-state index contributed by atoms with van der Waals surface area (Å²) < 4.78 is 10.5. The van der Waals surface area contributed by atoms with Crippen LogP contribution in [0.4, 0.5) is 10.5 Å². The third kappa shape index (κ3) is 6.29. The van der Waals surface area contributed by atoms with Crippen molar-refractivity contribution >= 4 is 23.6 Å². The first-order valence-corrected chi connectivity index (χ1v) is 9.73. The van der Waals surface area contributed by atoms with Gasteiger partial charge in [-0.3, -0.25) is 9.59 Å². The van der Waals surface area contributed by atoms with E-state index < -0.39 is 17.9 Å². The Labute approximate surface area is 179 Å². The van der Waals surface area contributed by atoms with Crippen molar-refractivity contribution in [2.24, 2.45) is 0 Å². The zero-order valence-corrected chi connectivity index (χ0v) is 16.8. The maximum Gasteiger partial charge on any atom is 0.429 e. The summed E-state index contributed by atoms with van der Waals surface area (Å²) in [5.41, 5.74) is 1.73. The number of anilines is 1. The molecule has 3 amide bonds. The molecule has 1 aliphatic rings. The predicted octanol–water partition coefficient (Wildman–Crippen LogP) is 2.30. The first kappa shape index (κ1) is 21.8. The molecular weight excluding hydrogens is 400 g/mol. The number of amides is 3. The summed E-state index contributed by atoms with van der Waals surface area (Å²) in [6, 6.07) is 17.7. The zero-order chi connectivity index (χ0) is 22.1. The van der Waals surface area contributed by atoms with Gasteiger partial charge in [0.25, 0.3) is 5.91 Å². The quantitative estimate of drug-likeness (QED) is 0.733. The van der Waals surface area contributed by atoms with E-state index in [-0.39, 0.29) is 19.8 Å². The average Bonchev–Trinajstić information content (AvgIpc) is 3.28. The summed E-state index contributed by atoms with van der Waals surface area (Å²) in [5, 5.41) is 14.0. The molecule has 0 radical (unpaired) electrons. The van der Waals surface area contributed by atoms with E-state index in [9.17, 15) is 14.4 Å². The van der Waals surface area contributed by atoms with Crippen molar-refractivity contribution in [3.63, 3.8) is 0 Å². The van der Waals surface area contributed by atoms with E-state index in [0.29, 0.717) is 30.8 Å². The van der Waals surface area contributed by atoms with Gasteiger partial charge >= 0.3 is 6.09 Å². The Morgan fingerprint density at radius 1 is 1.00 bits per heavy atom. The molecule has 9 nitrogen and oxygen atoms in total. The van der Waals surface area contributed by atoms with Crippen LogP contribution < -0.4 is 5.32 Å². The number of hydrazine groups is 1. The summed E-state index contributed by atoms with van der Waals surface area (Å²) in [6.07, 6.45) is 0.0202. The molecule has 1 heterocycles. The van der Waals surface area contributed by atoms with E-state index in [4.69, 9.17) is 14.7 Å². The Bertz CT molecular complexity index is 973. The van der Waals surface area contributed by atoms with Gasteiger partial charge in [-0.1, -0.05) is 36.4 Å². The van der Waals surface area contributed by atoms with Crippen molar-refractivity contribution in [1.82, 2.24) is 10.0 Å². The van der Waals surface area contributed by atoms with Gasteiger partial charge in [0.2, 0.25) is 5.91 Å². The second-order valence-electron chi connectivity index (χ2n) is 6.77. The summed E-state index contributed by atoms with van der Waals surface area (Å²) in [4.78, 5) is 36.8. The number of nitrogens with one attached hydrogen (secondary N) is 1. The monoisotopic (exact) mass is 422 g/mol. The Hall–Kier alpha value is -3.90. The first-order chi connectivity index (χ1) is 15.1. The zero-order valence-electron chi connectivity index (χ0n) is 16.8. The summed E-state index contributed by atoms with van der Waals surface area (Å²) in [6.45, 7) is 0.162. The number of nitriles is 1. The molecule has 0 aromatic heterocycles. The number of ether oxygens (including phenoxy) is 2. The minimum atomic E-state index is -0.607. The number of hydrogen-bond acceptors (Lipinski definition) is 6. The molecule has 2 aromatic carbocycles. The number of rotatable bonds is 7. The molecule has 0 atom stereocenters. The lowest BCUT2D eigenvalue weighted by Gasteiger charge is -2.27. The molecule has 0 saturated carbocycles. The summed E-state index contributed by atoms with van der Waals surface area (Å²) in [7, 11) is 0. The number of carbonyl (C=O) groups excluding carboxylic acids is 3. The van der Waals surface area contributed by atoms with Gasteiger partial charge in [0.15, 0.2) is 0 Å². The van der Waals surface area contributed by atoms with Gasteiger partial charge in [-0.2, -0.15) is 5.26 Å². The fourth-order valence-electron chi connectivity index (χ4n) is 3.02. The van der Waals surface area contributed by atoms with Gasteiger partial charge in [-0.25, -0.2) is 14.8 Å². The molecule has 31 heavy (non-hydrogen) atoms. The Morgan fingerprint density at radius 3 is 2.55 bits per heavy atom. The van der Waals surface area contributed by atoms with Gasteiger partial charge in [0.05, 0.1) is 11.6 Å². The molecule has 0 unspecified atom stereocenters. The molecule has 9 heteroatoms. The van der Waals surface area contributed by atoms with Crippen molar-refractivity contribution in [1.29, 1.82) is 5.26 Å². The summed E-state index contributed by atoms with van der Waals surface area (Å²) >= 11 is 0. The van der Waals surface area contributed by atoms with E-state index in [1.165, 1.54) is 16.1 Å². The van der Waals surface area contributed by atoms with Crippen LogP contribution in [-0.2, 0) is 25.7 Å². The maximum atomic E-state index is 12.4. The average molecular weight is 422 g/mol. The van der Waals surface area contributed by atoms with Crippen molar-refractivity contribution in [3.8, 4) is 6.07 Å². The number of nitrogens with zero attached hydrogens (tertiary/aromatic N) is 3. The maximum absolute atomic E-state index is 12.4. The molecule has 2 aromatic rings. The first-order valence-electron chi connectivity index (χ1n) is 9.73. The van der Waals surface area contributed by atoms with Crippen molar-refractivity contribution in [3.05, 3.63) is 65.7 Å². The highest BCUT2D eigenvalue weighted by molar-refractivity contribution is 5.92. The molecule has 1 aliphatic heterocycles. The van der Waals surface area contributed by atoms with E-state index >= 15 is 0 Å². The molecule has 160 valence electrons. The molecule has 0 bridgehead atoms. The van der Waals surface area contributed by atoms with Crippen LogP contribution in [0, 0.1) is 11.3 Å². The highest BCUT2D eigenvalue weighted by Gasteiger charge is 2.31. The van der Waals surface area contributed by atoms with E-state index in [0.717, 1.165) is 5.56 Å². The number of hydrogen-bond donors (Lipinski definition) is 1. The van der Waals surface area contributed by atoms with Crippen LogP contribution in [-0.4, -0.2) is 54.2 Å². The molecule has 1 fully saturated rings. The van der Waals surface area contributed by atoms with Crippen LogP contribution >= 0.6 is 0 Å². The minimum Gasteiger partial charge on any atom is -0.443 e. The number of benzene rings is 2. The van der Waals surface area contributed by atoms with Crippen LogP contribution in [0.15, 0.2) is 54.6 Å². The summed E-state index contributed by atoms with van der Waals surface area (Å²) in [5.74, 6) is -0.892. The molecule has 1 saturated heterocycles. The van der Waals surface area contributed by atoms with Gasteiger partial charge in [0.1, 0.15) is 19.8 Å². The second kappa shape index (κ2) is 10.8. The molecule has 3 rings (SSSR count). The van der Waals surface area contributed by atoms with Crippen molar-refractivity contribution < 1.29 is 23.9 Å². The van der Waals surface area contributed by atoms with Gasteiger partial charge in [-0.05, 0) is 30.2 Å². The van der Waals surface area contributed by atoms with Crippen molar-refractivity contribution in [2.45, 2.75) is 13.0 Å². The topological polar surface area (TPSA) is 112 Å². The van der Waals surface area contributed by atoms with E-state index in [1.807, 2.05) is 36.4 Å². The Kier molecular flexibility index (Phi) is 7.56. The highest BCUT2D eigenvalue weighted by atomic mass is 16.6. The second-order valence-corrected chi connectivity index (χ2v) is 6.77. The Balaban J connectivity index is 1.43. The van der Waals surface area contributed by atoms with Crippen LogP contribution in [0.1, 0.15) is 17.5 Å². The lowest BCUT2D eigenvalue weighted by atomic mass is 10.2. The molecule has 1 N–H and O–H groups in total. The van der Waals surface area contributed by atoms with E-state index in [2.05, 4.69) is 5.32 Å². The molecule has 0 spiro atoms. The van der Waals surface area contributed by atoms with Gasteiger partial charge in [0, 0.05) is 18.8 Å². The standard InChI is InChI=1S/C22H22N4O5/c23-13-18-8-4-9-19(12-18)24-20(27)15-30-16-21(28)25-10-5-11-26(25)22(29)31-14-17-6-2-1-3-7-17/h1-4,6-9,12H,5,10-11,14-16H2,(H,24,27). The predicted molar refractivity (Wildman–Crippen MR) is 110 cm³/mol. The smallest absolute Gasteiger partial charge is 0.429 e. The highest BCUT2D eigenvalue weighted by Crippen LogP contribution is 2.14. The Morgan fingerprint density at radius 2 is 1.77 bits per heavy atom. The largest absolute Gasteiger partial charge is 0.443 e. The SMILES string of the molecule is N#Cc1cccc(NC(=O)COCC(=O)N2CCCN2C(=O)OCc2ccccc2)c1. The molecular formula is C22H22N4O5. The van der Waals surface area contributed by atoms with Crippen LogP contribution in [0.5, 0.6) is 0 Å². The van der Waals surface area contributed by atoms with Gasteiger partial charge in [-0.15, -0.1) is 0 Å². The lowest BCUT2D eigenvalue weighted by Crippen LogP contribution is -2.46.